The van der Waals surface area contributed by atoms with Crippen molar-refractivity contribution in [2.45, 2.75) is 77.4 Å². The molecule has 63 heavy (non-hydrogen) atoms. The summed E-state index contributed by atoms with van der Waals surface area (Å²) >= 11 is 0. The first-order valence-corrected chi connectivity index (χ1v) is 21.5. The summed E-state index contributed by atoms with van der Waals surface area (Å²) in [6.07, 6.45) is 20.6. The van der Waals surface area contributed by atoms with E-state index >= 15 is 0 Å². The Morgan fingerprint density at radius 2 is 0.540 bits per heavy atom. The van der Waals surface area contributed by atoms with Gasteiger partial charge in [-0.05, 0) is 109 Å². The molecule has 9 nitrogen and oxygen atoms in total. The Morgan fingerprint density at radius 3 is 0.794 bits per heavy atom. The van der Waals surface area contributed by atoms with Gasteiger partial charge >= 0.3 is 0 Å². The van der Waals surface area contributed by atoms with Gasteiger partial charge in [0.25, 0.3) is 0 Å². The Labute approximate surface area is 392 Å². The van der Waals surface area contributed by atoms with Crippen LogP contribution in [0.2, 0.25) is 0 Å². The number of rotatable bonds is 24. The van der Waals surface area contributed by atoms with E-state index in [1.54, 1.807) is 0 Å². The lowest BCUT2D eigenvalue weighted by Gasteiger charge is -2.27. The molecule has 0 saturated heterocycles. The molecule has 0 radical (unpaired) electrons. The van der Waals surface area contributed by atoms with E-state index < -0.39 is 0 Å². The number of benzene rings is 4. The van der Waals surface area contributed by atoms with E-state index in [0.717, 1.165) is 95.3 Å². The van der Waals surface area contributed by atoms with Gasteiger partial charge in [-0.25, -0.2) is 29.9 Å². The van der Waals surface area contributed by atoms with Gasteiger partial charge in [-0.3, -0.25) is 0 Å². The highest BCUT2D eigenvalue weighted by Crippen LogP contribution is 2.23. The van der Waals surface area contributed by atoms with E-state index in [1.165, 1.54) is 33.4 Å². The van der Waals surface area contributed by atoms with Crippen molar-refractivity contribution >= 4 is 55.1 Å². The molecule has 0 amide bonds. The summed E-state index contributed by atoms with van der Waals surface area (Å²) in [5.74, 6) is 2.25. The third-order valence-corrected chi connectivity index (χ3v) is 10.7. The molecule has 0 atom stereocenters. The predicted molar refractivity (Wildman–Crippen MR) is 266 cm³/mol. The van der Waals surface area contributed by atoms with Crippen LogP contribution in [-0.2, 0) is 38.9 Å². The third kappa shape index (κ3) is 16.9. The number of nitrogens with zero attached hydrogens (tertiary/aromatic N) is 9. The highest BCUT2D eigenvalue weighted by molar-refractivity contribution is 5.86. The van der Waals surface area contributed by atoms with E-state index in [-0.39, 0.29) is 37.2 Å². The maximum Gasteiger partial charge on any atom is 0.225 e. The summed E-state index contributed by atoms with van der Waals surface area (Å²) < 4.78 is 0. The van der Waals surface area contributed by atoms with Gasteiger partial charge in [0, 0.05) is 76.4 Å². The highest BCUT2D eigenvalue weighted by atomic mass is 35.5. The molecular weight excluding hydrogens is 845 g/mol. The van der Waals surface area contributed by atoms with Crippen LogP contribution in [0, 0.1) is 0 Å². The minimum atomic E-state index is 0. The number of hydrogen-bond acceptors (Lipinski definition) is 9. The normalized spacial score (nSPS) is 10.5. The van der Waals surface area contributed by atoms with Gasteiger partial charge in [0.2, 0.25) is 17.8 Å². The average Bonchev–Trinajstić information content (AvgIpc) is 3.31. The lowest BCUT2D eigenvalue weighted by Crippen LogP contribution is -2.28. The number of aromatic nitrogens is 6. The summed E-state index contributed by atoms with van der Waals surface area (Å²) in [5, 5.41) is 0. The van der Waals surface area contributed by atoms with Gasteiger partial charge in [-0.1, -0.05) is 109 Å². The van der Waals surface area contributed by atoms with Crippen LogP contribution in [0.3, 0.4) is 0 Å². The molecule has 3 heterocycles. The Hall–Kier alpha value is -5.61. The summed E-state index contributed by atoms with van der Waals surface area (Å²) in [6, 6.07) is 45.0. The fourth-order valence-corrected chi connectivity index (χ4v) is 7.72. The fourth-order valence-electron chi connectivity index (χ4n) is 7.72. The van der Waals surface area contributed by atoms with Crippen LogP contribution in [0.5, 0.6) is 0 Å². The number of anilines is 3. The molecule has 0 fully saturated rings. The van der Waals surface area contributed by atoms with Crippen LogP contribution in [-0.4, -0.2) is 49.5 Å². The van der Waals surface area contributed by atoms with Crippen molar-refractivity contribution in [3.63, 3.8) is 0 Å². The largest absolute Gasteiger partial charge is 0.337 e. The van der Waals surface area contributed by atoms with Crippen molar-refractivity contribution in [2.75, 3.05) is 34.3 Å². The van der Waals surface area contributed by atoms with Gasteiger partial charge in [0.1, 0.15) is 0 Å². The van der Waals surface area contributed by atoms with Crippen molar-refractivity contribution in [3.05, 3.63) is 198 Å². The molecule has 0 saturated carbocycles. The van der Waals surface area contributed by atoms with Crippen molar-refractivity contribution in [2.24, 2.45) is 0 Å². The van der Waals surface area contributed by atoms with E-state index in [2.05, 4.69) is 124 Å². The molecule has 0 aliphatic heterocycles. The quantitative estimate of drug-likeness (QED) is 0.0550. The fraction of sp³-hybridized carbons (Fsp3) is 0.294. The van der Waals surface area contributed by atoms with Crippen molar-refractivity contribution in [1.82, 2.24) is 29.9 Å². The number of unbranched alkanes of at least 4 members (excludes halogenated alkanes) is 3. The van der Waals surface area contributed by atoms with Gasteiger partial charge < -0.3 is 14.7 Å². The summed E-state index contributed by atoms with van der Waals surface area (Å²) in [5.41, 5.74) is 7.77. The summed E-state index contributed by atoms with van der Waals surface area (Å²) in [7, 11) is 0. The van der Waals surface area contributed by atoms with Crippen LogP contribution in [0.1, 0.15) is 71.9 Å². The summed E-state index contributed by atoms with van der Waals surface area (Å²) in [4.78, 5) is 35.3. The van der Waals surface area contributed by atoms with Crippen LogP contribution in [0.25, 0.3) is 0 Å². The Balaban J connectivity index is 0.00000290. The third-order valence-electron chi connectivity index (χ3n) is 10.7. The van der Waals surface area contributed by atoms with Gasteiger partial charge in [-0.15, -0.1) is 37.2 Å². The average molecular weight is 905 g/mol. The van der Waals surface area contributed by atoms with Crippen molar-refractivity contribution in [3.8, 4) is 0 Å². The Morgan fingerprint density at radius 1 is 0.286 bits per heavy atom. The van der Waals surface area contributed by atoms with Crippen LogP contribution in [0.4, 0.5) is 17.8 Å². The lowest BCUT2D eigenvalue weighted by atomic mass is 10.0. The first-order valence-electron chi connectivity index (χ1n) is 21.5. The Kier molecular flexibility index (Phi) is 22.4. The van der Waals surface area contributed by atoms with Crippen molar-refractivity contribution in [1.29, 1.82) is 0 Å². The van der Waals surface area contributed by atoms with E-state index in [9.17, 15) is 0 Å². The lowest BCUT2D eigenvalue weighted by molar-refractivity contribution is 0.661. The minimum absolute atomic E-state index is 0. The van der Waals surface area contributed by atoms with Gasteiger partial charge in [0.15, 0.2) is 0 Å². The smallest absolute Gasteiger partial charge is 0.225 e. The van der Waals surface area contributed by atoms with E-state index in [4.69, 9.17) is 29.9 Å². The first-order chi connectivity index (χ1) is 29.7. The van der Waals surface area contributed by atoms with E-state index in [1.807, 2.05) is 55.4 Å². The second-order valence-corrected chi connectivity index (χ2v) is 15.4. The standard InChI is InChI=1S/C51H57N9.3ClH/c1-4-19-43(20-5-1)25-10-13-34-58(49-52-28-16-29-53-49)40-46-37-47(41-59(50-54-30-17-31-55-50)35-14-11-26-44-21-6-2-7-22-44)39-48(38-46)42-60(51-56-32-18-33-57-51)36-15-12-27-45-23-8-3-9-24-45;;;/h1-9,16-24,28-33,37-39H,10-15,25-27,34-36,40-42H2;3*1H. The highest BCUT2D eigenvalue weighted by Gasteiger charge is 2.17. The van der Waals surface area contributed by atoms with Crippen LogP contribution >= 0.6 is 37.2 Å². The molecule has 0 aliphatic rings. The van der Waals surface area contributed by atoms with E-state index in [0.29, 0.717) is 19.6 Å². The van der Waals surface area contributed by atoms with Crippen LogP contribution < -0.4 is 14.7 Å². The first kappa shape index (κ1) is 50.0. The van der Waals surface area contributed by atoms with Crippen LogP contribution in [0.15, 0.2) is 165 Å². The predicted octanol–water partition coefficient (Wildman–Crippen LogP) is 11.4. The second kappa shape index (κ2) is 28.2. The van der Waals surface area contributed by atoms with Gasteiger partial charge in [0.05, 0.1) is 0 Å². The molecule has 0 bridgehead atoms. The monoisotopic (exact) mass is 903 g/mol. The summed E-state index contributed by atoms with van der Waals surface area (Å²) in [6.45, 7) is 4.63. The topological polar surface area (TPSA) is 87.1 Å². The number of hydrogen-bond donors (Lipinski definition) is 0. The molecule has 4 aromatic carbocycles. The zero-order chi connectivity index (χ0) is 40.9. The minimum Gasteiger partial charge on any atom is -0.337 e. The SMILES string of the molecule is Cl.Cl.Cl.c1ccc(CCCCN(Cc2cc(CN(CCCCc3ccccc3)c3ncccn3)cc(CN(CCCCc3ccccc3)c3ncccn3)c2)c2ncccn2)cc1. The maximum atomic E-state index is 4.73. The molecule has 7 aromatic rings. The molecule has 3 aromatic heterocycles. The molecule has 330 valence electrons. The number of aryl methyl sites for hydroxylation is 3. The molecule has 0 N–H and O–H groups in total. The molecule has 0 spiro atoms. The van der Waals surface area contributed by atoms with Gasteiger partial charge in [-0.2, -0.15) is 0 Å². The second-order valence-electron chi connectivity index (χ2n) is 15.4. The zero-order valence-electron chi connectivity index (χ0n) is 35.9. The van der Waals surface area contributed by atoms with Crippen molar-refractivity contribution < 1.29 is 0 Å². The zero-order valence-corrected chi connectivity index (χ0v) is 38.4. The molecule has 0 aliphatic carbocycles. The molecular formula is C51H60Cl3N9. The maximum absolute atomic E-state index is 4.73. The molecule has 0 unspecified atom stereocenters. The molecule has 7 rings (SSSR count). The number of halogens is 3. The Bertz CT molecular complexity index is 1960. The molecule has 12 heteroatoms.